The van der Waals surface area contributed by atoms with E-state index >= 15 is 0 Å². The van der Waals surface area contributed by atoms with E-state index in [4.69, 9.17) is 10.2 Å². The van der Waals surface area contributed by atoms with Crippen LogP contribution in [0.15, 0.2) is 0 Å². The van der Waals surface area contributed by atoms with Gasteiger partial charge in [-0.2, -0.15) is 0 Å². The molecule has 0 aromatic carbocycles. The third-order valence-electron chi connectivity index (χ3n) is 2.41. The predicted molar refractivity (Wildman–Crippen MR) is 48.5 cm³/mol. The van der Waals surface area contributed by atoms with Crippen molar-refractivity contribution in [3.05, 3.63) is 0 Å². The Kier molecular flexibility index (Phi) is 3.13. The number of nitrogens with one attached hydrogen (secondary N) is 1. The number of hydrogen-bond donors (Lipinski definition) is 3. The van der Waals surface area contributed by atoms with Crippen LogP contribution in [0.2, 0.25) is 0 Å². The number of carbonyl (C=O) groups is 2. The van der Waals surface area contributed by atoms with Crippen molar-refractivity contribution < 1.29 is 24.2 Å². The molecule has 1 heterocycles. The van der Waals surface area contributed by atoms with Crippen LogP contribution in [0, 0.1) is 0 Å². The Balaban J connectivity index is 2.81. The molecule has 1 aliphatic rings. The lowest BCUT2D eigenvalue weighted by atomic mass is 10.0. The van der Waals surface area contributed by atoms with Crippen LogP contribution in [0.3, 0.4) is 0 Å². The summed E-state index contributed by atoms with van der Waals surface area (Å²) in [6.45, 7) is -0.458. The summed E-state index contributed by atoms with van der Waals surface area (Å²) in [6.07, 6.45) is -1.71. The molecular weight excluding hydrogens is 207 g/mol. The summed E-state index contributed by atoms with van der Waals surface area (Å²) >= 11 is 0. The first-order valence-electron chi connectivity index (χ1n) is 4.45. The van der Waals surface area contributed by atoms with Crippen LogP contribution in [-0.4, -0.2) is 59.0 Å². The van der Waals surface area contributed by atoms with Gasteiger partial charge < -0.3 is 15.5 Å². The zero-order valence-corrected chi connectivity index (χ0v) is 8.23. The first-order chi connectivity index (χ1) is 6.89. The molecule has 6 nitrogen and oxygen atoms in total. The Hall–Kier alpha value is -1.37. The third-order valence-corrected chi connectivity index (χ3v) is 2.41. The quantitative estimate of drug-likeness (QED) is 0.610. The lowest BCUT2D eigenvalue weighted by molar-refractivity contribution is -0.141. The number of alkyl halides is 1. The molecule has 7 heteroatoms. The maximum absolute atomic E-state index is 13.9. The lowest BCUT2D eigenvalue weighted by Gasteiger charge is -2.18. The van der Waals surface area contributed by atoms with Crippen LogP contribution in [0.5, 0.6) is 0 Å². The van der Waals surface area contributed by atoms with Crippen LogP contribution in [0.25, 0.3) is 0 Å². The van der Waals surface area contributed by atoms with Crippen molar-refractivity contribution >= 4 is 12.1 Å². The molecule has 1 fully saturated rings. The van der Waals surface area contributed by atoms with Crippen molar-refractivity contribution in [3.63, 3.8) is 0 Å². The van der Waals surface area contributed by atoms with E-state index in [1.165, 1.54) is 7.05 Å². The van der Waals surface area contributed by atoms with Crippen molar-refractivity contribution in [1.82, 2.24) is 10.2 Å². The summed E-state index contributed by atoms with van der Waals surface area (Å²) in [5.74, 6) is -1.31. The Bertz CT molecular complexity index is 262. The Morgan fingerprint density at radius 1 is 1.60 bits per heavy atom. The molecule has 0 spiro atoms. The first-order valence-corrected chi connectivity index (χ1v) is 4.45. The highest BCUT2D eigenvalue weighted by Crippen LogP contribution is 2.30. The standard InChI is InChI=1S/C8H13FN2O4/c1-10-3-8(9)2-5(6(12)13)11(4-8)7(14)15/h5,10H,2-4H2,1H3,(H,12,13)(H,14,15)/t5-,8-/m0/s1. The Morgan fingerprint density at radius 2 is 2.20 bits per heavy atom. The molecule has 0 saturated carbocycles. The van der Waals surface area contributed by atoms with Crippen LogP contribution < -0.4 is 5.32 Å². The third kappa shape index (κ3) is 2.35. The van der Waals surface area contributed by atoms with Gasteiger partial charge in [0.15, 0.2) is 0 Å². The van der Waals surface area contributed by atoms with Crippen molar-refractivity contribution in [2.24, 2.45) is 0 Å². The van der Waals surface area contributed by atoms with Gasteiger partial charge in [-0.05, 0) is 7.05 Å². The molecule has 2 atom stereocenters. The van der Waals surface area contributed by atoms with Crippen molar-refractivity contribution in [3.8, 4) is 0 Å². The van der Waals surface area contributed by atoms with Gasteiger partial charge in [-0.3, -0.25) is 4.90 Å². The highest BCUT2D eigenvalue weighted by molar-refractivity contribution is 5.80. The average molecular weight is 220 g/mol. The molecule has 0 radical (unpaired) electrons. The van der Waals surface area contributed by atoms with Gasteiger partial charge in [-0.25, -0.2) is 14.0 Å². The van der Waals surface area contributed by atoms with Gasteiger partial charge in [0, 0.05) is 13.0 Å². The molecule has 0 unspecified atom stereocenters. The normalized spacial score (nSPS) is 30.5. The number of nitrogens with zero attached hydrogens (tertiary/aromatic N) is 1. The Labute approximate surface area is 85.7 Å². The van der Waals surface area contributed by atoms with E-state index in [1.807, 2.05) is 0 Å². The molecule has 1 saturated heterocycles. The predicted octanol–water partition coefficient (Wildman–Crippen LogP) is -0.249. The molecule has 1 aliphatic heterocycles. The molecule has 1 rings (SSSR count). The molecule has 86 valence electrons. The van der Waals surface area contributed by atoms with E-state index in [1.54, 1.807) is 0 Å². The largest absolute Gasteiger partial charge is 0.480 e. The fourth-order valence-electron chi connectivity index (χ4n) is 1.80. The van der Waals surface area contributed by atoms with E-state index in [-0.39, 0.29) is 13.0 Å². The van der Waals surface area contributed by atoms with E-state index in [2.05, 4.69) is 5.32 Å². The van der Waals surface area contributed by atoms with Crippen LogP contribution in [0.4, 0.5) is 9.18 Å². The van der Waals surface area contributed by atoms with Crippen LogP contribution in [-0.2, 0) is 4.79 Å². The molecule has 3 N–H and O–H groups in total. The molecule has 0 aliphatic carbocycles. The van der Waals surface area contributed by atoms with Gasteiger partial charge in [0.05, 0.1) is 6.54 Å². The van der Waals surface area contributed by atoms with E-state index in [0.29, 0.717) is 4.90 Å². The zero-order chi connectivity index (χ0) is 11.6. The second-order valence-electron chi connectivity index (χ2n) is 3.65. The molecule has 15 heavy (non-hydrogen) atoms. The minimum atomic E-state index is -1.80. The SMILES string of the molecule is CNC[C@@]1(F)C[C@@H](C(=O)O)N(C(=O)O)C1. The number of carboxylic acid groups (broad SMARTS) is 2. The Morgan fingerprint density at radius 3 is 2.53 bits per heavy atom. The summed E-state index contributed by atoms with van der Waals surface area (Å²) in [5.41, 5.74) is -1.80. The second kappa shape index (κ2) is 4.01. The number of likely N-dealkylation sites (tertiary alicyclic amines) is 1. The molecule has 0 aromatic rings. The van der Waals surface area contributed by atoms with E-state index in [0.717, 1.165) is 0 Å². The molecule has 0 bridgehead atoms. The maximum Gasteiger partial charge on any atom is 0.408 e. The minimum Gasteiger partial charge on any atom is -0.480 e. The molecular formula is C8H13FN2O4. The smallest absolute Gasteiger partial charge is 0.408 e. The zero-order valence-electron chi connectivity index (χ0n) is 8.23. The fraction of sp³-hybridized carbons (Fsp3) is 0.750. The van der Waals surface area contributed by atoms with Gasteiger partial charge in [-0.1, -0.05) is 0 Å². The van der Waals surface area contributed by atoms with Crippen molar-refractivity contribution in [2.45, 2.75) is 18.1 Å². The van der Waals surface area contributed by atoms with Gasteiger partial charge in [0.2, 0.25) is 0 Å². The molecule has 0 aromatic heterocycles. The average Bonchev–Trinajstić information content (AvgIpc) is 2.44. The van der Waals surface area contributed by atoms with Crippen molar-refractivity contribution in [1.29, 1.82) is 0 Å². The number of hydrogen-bond acceptors (Lipinski definition) is 3. The van der Waals surface area contributed by atoms with Crippen molar-refractivity contribution in [2.75, 3.05) is 20.1 Å². The van der Waals surface area contributed by atoms with Gasteiger partial charge >= 0.3 is 12.1 Å². The summed E-state index contributed by atoms with van der Waals surface area (Å²) in [4.78, 5) is 22.0. The van der Waals surface area contributed by atoms with Crippen LogP contribution in [0.1, 0.15) is 6.42 Å². The summed E-state index contributed by atoms with van der Waals surface area (Å²) in [6, 6.07) is -1.29. The molecule has 1 amide bonds. The van der Waals surface area contributed by atoms with E-state index in [9.17, 15) is 14.0 Å². The second-order valence-corrected chi connectivity index (χ2v) is 3.65. The summed E-state index contributed by atoms with van der Waals surface area (Å²) in [7, 11) is 1.53. The highest BCUT2D eigenvalue weighted by atomic mass is 19.1. The summed E-state index contributed by atoms with van der Waals surface area (Å²) in [5, 5.41) is 20.0. The number of carboxylic acids is 1. The monoisotopic (exact) mass is 220 g/mol. The number of rotatable bonds is 3. The number of aliphatic carboxylic acids is 1. The fourth-order valence-corrected chi connectivity index (χ4v) is 1.80. The number of amides is 1. The van der Waals surface area contributed by atoms with E-state index < -0.39 is 30.3 Å². The lowest BCUT2D eigenvalue weighted by Crippen LogP contribution is -2.41. The maximum atomic E-state index is 13.9. The van der Waals surface area contributed by atoms with Gasteiger partial charge in [-0.15, -0.1) is 0 Å². The summed E-state index contributed by atoms with van der Waals surface area (Å²) < 4.78 is 13.9. The van der Waals surface area contributed by atoms with Gasteiger partial charge in [0.1, 0.15) is 11.7 Å². The minimum absolute atomic E-state index is 0.0550. The number of halogens is 1. The van der Waals surface area contributed by atoms with Gasteiger partial charge in [0.25, 0.3) is 0 Å². The highest BCUT2D eigenvalue weighted by Gasteiger charge is 2.49. The first kappa shape index (κ1) is 11.7. The van der Waals surface area contributed by atoms with Crippen LogP contribution >= 0.6 is 0 Å². The topological polar surface area (TPSA) is 89.9 Å².